The van der Waals surface area contributed by atoms with Crippen molar-refractivity contribution in [2.24, 2.45) is 11.3 Å². The number of hydrogen-bond donors (Lipinski definition) is 1. The Hall–Kier alpha value is -0.440. The van der Waals surface area contributed by atoms with Gasteiger partial charge < -0.3 is 4.90 Å². The normalized spacial score (nSPS) is 20.1. The van der Waals surface area contributed by atoms with E-state index in [0.29, 0.717) is 26.4 Å². The zero-order valence-corrected chi connectivity index (χ0v) is 24.5. The second-order valence-electron chi connectivity index (χ2n) is 11.4. The number of benzene rings is 1. The van der Waals surface area contributed by atoms with Gasteiger partial charge in [0.1, 0.15) is 0 Å². The van der Waals surface area contributed by atoms with Gasteiger partial charge in [-0.1, -0.05) is 61.4 Å². The van der Waals surface area contributed by atoms with Gasteiger partial charge >= 0.3 is 0 Å². The molecule has 1 saturated carbocycles. The van der Waals surface area contributed by atoms with Crippen molar-refractivity contribution in [2.75, 3.05) is 24.6 Å². The lowest BCUT2D eigenvalue weighted by molar-refractivity contribution is 0.0230. The average Bonchev–Trinajstić information content (AvgIpc) is 3.16. The summed E-state index contributed by atoms with van der Waals surface area (Å²) in [6.07, 6.45) is 7.24. The van der Waals surface area contributed by atoms with Gasteiger partial charge in [-0.3, -0.25) is 9.52 Å². The predicted molar refractivity (Wildman–Crippen MR) is 152 cm³/mol. The maximum absolute atomic E-state index is 13.3. The zero-order chi connectivity index (χ0) is 24.8. The van der Waals surface area contributed by atoms with Gasteiger partial charge in [0.2, 0.25) is 0 Å². The summed E-state index contributed by atoms with van der Waals surface area (Å²) in [5.74, 6) is 3.04. The Morgan fingerprint density at radius 1 is 1.17 bits per heavy atom. The van der Waals surface area contributed by atoms with E-state index in [2.05, 4.69) is 25.5 Å². The van der Waals surface area contributed by atoms with Gasteiger partial charge in [-0.15, -0.1) is 11.3 Å². The SMILES string of the molecule is CC(C)(C)NSc1ccc(-c2sc(C(=O)N3CC4(CSC4)C3)nc2CC2CCCCC2)c(Cl)c1Cl. The van der Waals surface area contributed by atoms with Crippen LogP contribution in [-0.2, 0) is 6.42 Å². The molecule has 1 aromatic carbocycles. The van der Waals surface area contributed by atoms with E-state index < -0.39 is 0 Å². The van der Waals surface area contributed by atoms with Crippen molar-refractivity contribution in [1.29, 1.82) is 0 Å². The van der Waals surface area contributed by atoms with Crippen molar-refractivity contribution in [1.82, 2.24) is 14.6 Å². The number of carbonyl (C=O) groups is 1. The van der Waals surface area contributed by atoms with E-state index in [9.17, 15) is 4.79 Å². The summed E-state index contributed by atoms with van der Waals surface area (Å²) in [4.78, 5) is 22.1. The van der Waals surface area contributed by atoms with E-state index in [4.69, 9.17) is 28.2 Å². The zero-order valence-electron chi connectivity index (χ0n) is 20.6. The first-order valence-corrected chi connectivity index (χ1v) is 16.0. The van der Waals surface area contributed by atoms with Crippen LogP contribution in [0.1, 0.15) is 68.4 Å². The summed E-state index contributed by atoms with van der Waals surface area (Å²) < 4.78 is 3.40. The van der Waals surface area contributed by atoms with Gasteiger partial charge in [-0.05, 0) is 51.1 Å². The first-order valence-electron chi connectivity index (χ1n) is 12.4. The van der Waals surface area contributed by atoms with Gasteiger partial charge in [-0.2, -0.15) is 11.8 Å². The molecule has 4 nitrogen and oxygen atoms in total. The number of halogens is 2. The molecule has 0 bridgehead atoms. The fraction of sp³-hybridized carbons (Fsp3) is 0.615. The molecule has 2 aromatic rings. The van der Waals surface area contributed by atoms with Crippen LogP contribution in [-0.4, -0.2) is 45.9 Å². The molecule has 0 atom stereocenters. The summed E-state index contributed by atoms with van der Waals surface area (Å²) in [5, 5.41) is 1.67. The van der Waals surface area contributed by atoms with Crippen LogP contribution < -0.4 is 4.72 Å². The summed E-state index contributed by atoms with van der Waals surface area (Å²) in [7, 11) is 0. The van der Waals surface area contributed by atoms with Crippen LogP contribution in [0.15, 0.2) is 17.0 Å². The third-order valence-electron chi connectivity index (χ3n) is 7.00. The van der Waals surface area contributed by atoms with Crippen molar-refractivity contribution >= 4 is 64.2 Å². The standard InChI is InChI=1S/C26H33Cl2N3OS3/c1-25(2,3)30-35-19-10-9-17(20(27)21(19)28)22-18(11-16-7-5-4-6-8-16)29-23(34-22)24(32)31-12-26(13-31)14-33-15-26/h9-10,16,30H,4-8,11-15H2,1-3H3. The third-order valence-corrected chi connectivity index (χ3v) is 12.0. The van der Waals surface area contributed by atoms with Crippen LogP contribution in [0.3, 0.4) is 0 Å². The minimum atomic E-state index is -0.0488. The van der Waals surface area contributed by atoms with Gasteiger partial charge in [0.25, 0.3) is 5.91 Å². The Labute approximate surface area is 231 Å². The van der Waals surface area contributed by atoms with Gasteiger partial charge in [-0.25, -0.2) is 4.98 Å². The van der Waals surface area contributed by atoms with E-state index in [-0.39, 0.29) is 11.4 Å². The Bertz CT molecular complexity index is 1100. The molecule has 1 aliphatic carbocycles. The summed E-state index contributed by atoms with van der Waals surface area (Å²) in [5.41, 5.74) is 2.21. The van der Waals surface area contributed by atoms with Crippen LogP contribution in [0.25, 0.3) is 10.4 Å². The van der Waals surface area contributed by atoms with Crippen molar-refractivity contribution in [2.45, 2.75) is 69.7 Å². The van der Waals surface area contributed by atoms with Crippen molar-refractivity contribution < 1.29 is 4.79 Å². The highest BCUT2D eigenvalue weighted by Gasteiger charge is 2.50. The van der Waals surface area contributed by atoms with E-state index in [1.807, 2.05) is 28.8 Å². The first-order chi connectivity index (χ1) is 16.6. The maximum atomic E-state index is 13.3. The molecule has 9 heteroatoms. The molecule has 3 aliphatic rings. The number of likely N-dealkylation sites (tertiary alicyclic amines) is 1. The molecule has 0 radical (unpaired) electrons. The first kappa shape index (κ1) is 26.2. The molecule has 2 saturated heterocycles. The maximum Gasteiger partial charge on any atom is 0.282 e. The molecule has 1 aromatic heterocycles. The molecule has 3 fully saturated rings. The van der Waals surface area contributed by atoms with Gasteiger partial charge in [0.05, 0.1) is 20.6 Å². The Morgan fingerprint density at radius 2 is 1.89 bits per heavy atom. The average molecular weight is 571 g/mol. The number of nitrogens with one attached hydrogen (secondary N) is 1. The molecular weight excluding hydrogens is 537 g/mol. The molecule has 1 spiro atoms. The molecule has 35 heavy (non-hydrogen) atoms. The quantitative estimate of drug-likeness (QED) is 0.359. The highest BCUT2D eigenvalue weighted by Crippen LogP contribution is 2.47. The second-order valence-corrected chi connectivity index (χ2v) is 14.9. The van der Waals surface area contributed by atoms with Crippen LogP contribution >= 0.6 is 58.2 Å². The predicted octanol–water partition coefficient (Wildman–Crippen LogP) is 7.82. The number of rotatable bonds is 6. The van der Waals surface area contributed by atoms with Crippen LogP contribution in [0.4, 0.5) is 0 Å². The van der Waals surface area contributed by atoms with Crippen LogP contribution in [0.2, 0.25) is 10.0 Å². The third kappa shape index (κ3) is 5.70. The highest BCUT2D eigenvalue weighted by molar-refractivity contribution is 8.00. The molecular formula is C26H33Cl2N3OS3. The Kier molecular flexibility index (Phi) is 7.76. The monoisotopic (exact) mass is 569 g/mol. The van der Waals surface area contributed by atoms with Gasteiger partial charge in [0.15, 0.2) is 5.01 Å². The molecule has 0 unspecified atom stereocenters. The lowest BCUT2D eigenvalue weighted by Gasteiger charge is -2.54. The fourth-order valence-electron chi connectivity index (χ4n) is 5.07. The topological polar surface area (TPSA) is 45.2 Å². The van der Waals surface area contributed by atoms with E-state index >= 15 is 0 Å². The molecule has 3 heterocycles. The summed E-state index contributed by atoms with van der Waals surface area (Å²) in [6, 6.07) is 4.06. The second kappa shape index (κ2) is 10.4. The lowest BCUT2D eigenvalue weighted by atomic mass is 9.83. The molecule has 1 N–H and O–H groups in total. The Balaban J connectivity index is 1.43. The number of nitrogens with zero attached hydrogens (tertiary/aromatic N) is 2. The number of hydrogen-bond acceptors (Lipinski definition) is 6. The minimum Gasteiger partial charge on any atom is -0.335 e. The van der Waals surface area contributed by atoms with E-state index in [1.165, 1.54) is 66.9 Å². The lowest BCUT2D eigenvalue weighted by Crippen LogP contribution is -2.64. The van der Waals surface area contributed by atoms with E-state index in [0.717, 1.165) is 40.5 Å². The van der Waals surface area contributed by atoms with E-state index in [1.54, 1.807) is 0 Å². The molecule has 5 rings (SSSR count). The largest absolute Gasteiger partial charge is 0.335 e. The minimum absolute atomic E-state index is 0.0488. The summed E-state index contributed by atoms with van der Waals surface area (Å²) in [6.45, 7) is 8.07. The smallest absolute Gasteiger partial charge is 0.282 e. The Morgan fingerprint density at radius 3 is 2.51 bits per heavy atom. The number of thioether (sulfide) groups is 1. The van der Waals surface area contributed by atoms with Crippen molar-refractivity contribution in [3.05, 3.63) is 32.9 Å². The number of aromatic nitrogens is 1. The molecule has 2 aliphatic heterocycles. The van der Waals surface area contributed by atoms with Crippen LogP contribution in [0.5, 0.6) is 0 Å². The van der Waals surface area contributed by atoms with Crippen molar-refractivity contribution in [3.63, 3.8) is 0 Å². The fourth-order valence-corrected chi connectivity index (χ4v) is 8.70. The number of thiazole rings is 1. The number of amides is 1. The molecule has 190 valence electrons. The van der Waals surface area contributed by atoms with Crippen LogP contribution in [0, 0.1) is 11.3 Å². The van der Waals surface area contributed by atoms with Crippen molar-refractivity contribution in [3.8, 4) is 10.4 Å². The van der Waals surface area contributed by atoms with Gasteiger partial charge in [0, 0.05) is 46.0 Å². The molecule has 1 amide bonds. The highest BCUT2D eigenvalue weighted by atomic mass is 35.5. The summed E-state index contributed by atoms with van der Waals surface area (Å²) >= 11 is 18.6. The number of carbonyl (C=O) groups excluding carboxylic acids is 1.